The molecule has 1 aliphatic carbocycles. The smallest absolute Gasteiger partial charge is 0.0595 e. The van der Waals surface area contributed by atoms with Gasteiger partial charge in [0, 0.05) is 5.92 Å². The molecule has 2 N–H and O–H groups in total. The molecule has 2 nitrogen and oxygen atoms in total. The van der Waals surface area contributed by atoms with Crippen molar-refractivity contribution in [1.29, 1.82) is 0 Å². The second-order valence-corrected chi connectivity index (χ2v) is 4.57. The third-order valence-corrected chi connectivity index (χ3v) is 2.74. The molecular weight excluding hydrogens is 140 g/mol. The van der Waals surface area contributed by atoms with Gasteiger partial charge >= 0.3 is 0 Å². The molecule has 0 aromatic rings. The molecule has 1 aliphatic rings. The first-order valence-electron chi connectivity index (χ1n) is 4.28. The van der Waals surface area contributed by atoms with Crippen molar-refractivity contribution in [3.8, 4) is 0 Å². The standard InChI is InChI=1S/C9H18O2/c1-6-7(10)4-9(2,3)5-8(6)11/h6-8,10-11H,4-5H2,1-3H3/t7-,8-/m1/s1. The quantitative estimate of drug-likeness (QED) is 0.555. The van der Waals surface area contributed by atoms with Gasteiger partial charge in [0.05, 0.1) is 12.2 Å². The normalized spacial score (nSPS) is 43.9. The van der Waals surface area contributed by atoms with E-state index in [-0.39, 0.29) is 23.5 Å². The van der Waals surface area contributed by atoms with Crippen molar-refractivity contribution in [3.63, 3.8) is 0 Å². The molecule has 0 aliphatic heterocycles. The minimum absolute atomic E-state index is 0.0445. The van der Waals surface area contributed by atoms with E-state index in [0.29, 0.717) is 0 Å². The van der Waals surface area contributed by atoms with E-state index in [1.54, 1.807) is 0 Å². The molecule has 0 unspecified atom stereocenters. The molecule has 2 heteroatoms. The fraction of sp³-hybridized carbons (Fsp3) is 1.00. The zero-order valence-electron chi connectivity index (χ0n) is 7.54. The van der Waals surface area contributed by atoms with Crippen LogP contribution in [0.1, 0.15) is 33.6 Å². The molecule has 1 fully saturated rings. The summed E-state index contributed by atoms with van der Waals surface area (Å²) in [4.78, 5) is 0. The van der Waals surface area contributed by atoms with Crippen LogP contribution in [0.25, 0.3) is 0 Å². The zero-order chi connectivity index (χ0) is 8.65. The van der Waals surface area contributed by atoms with Crippen LogP contribution in [0.4, 0.5) is 0 Å². The highest BCUT2D eigenvalue weighted by atomic mass is 16.3. The molecule has 0 radical (unpaired) electrons. The molecule has 0 spiro atoms. The van der Waals surface area contributed by atoms with Crippen molar-refractivity contribution < 1.29 is 10.2 Å². The number of hydrogen-bond donors (Lipinski definition) is 2. The summed E-state index contributed by atoms with van der Waals surface area (Å²) in [5, 5.41) is 19.0. The third kappa shape index (κ3) is 1.94. The van der Waals surface area contributed by atoms with Gasteiger partial charge in [-0.15, -0.1) is 0 Å². The minimum atomic E-state index is -0.325. The maximum absolute atomic E-state index is 9.52. The van der Waals surface area contributed by atoms with E-state index in [2.05, 4.69) is 13.8 Å². The summed E-state index contributed by atoms with van der Waals surface area (Å²) in [6, 6.07) is 0. The van der Waals surface area contributed by atoms with Gasteiger partial charge < -0.3 is 10.2 Å². The van der Waals surface area contributed by atoms with Gasteiger partial charge in [0.1, 0.15) is 0 Å². The molecule has 1 rings (SSSR count). The first kappa shape index (κ1) is 9.01. The molecule has 0 bridgehead atoms. The Labute approximate surface area is 68.2 Å². The average molecular weight is 158 g/mol. The summed E-state index contributed by atoms with van der Waals surface area (Å²) in [5.41, 5.74) is 0.103. The summed E-state index contributed by atoms with van der Waals surface area (Å²) in [7, 11) is 0. The number of aliphatic hydroxyl groups is 2. The molecule has 11 heavy (non-hydrogen) atoms. The van der Waals surface area contributed by atoms with E-state index in [1.165, 1.54) is 0 Å². The summed E-state index contributed by atoms with van der Waals surface area (Å²) >= 11 is 0. The van der Waals surface area contributed by atoms with E-state index < -0.39 is 0 Å². The van der Waals surface area contributed by atoms with Crippen molar-refractivity contribution in [1.82, 2.24) is 0 Å². The van der Waals surface area contributed by atoms with Gasteiger partial charge in [-0.3, -0.25) is 0 Å². The van der Waals surface area contributed by atoms with Gasteiger partial charge in [-0.1, -0.05) is 20.8 Å². The van der Waals surface area contributed by atoms with E-state index in [4.69, 9.17) is 0 Å². The van der Waals surface area contributed by atoms with Crippen molar-refractivity contribution >= 4 is 0 Å². The van der Waals surface area contributed by atoms with E-state index in [0.717, 1.165) is 12.8 Å². The Morgan fingerprint density at radius 1 is 1.09 bits per heavy atom. The Kier molecular flexibility index (Phi) is 2.26. The highest BCUT2D eigenvalue weighted by molar-refractivity contribution is 4.88. The number of hydrogen-bond acceptors (Lipinski definition) is 2. The first-order valence-corrected chi connectivity index (χ1v) is 4.28. The van der Waals surface area contributed by atoms with Gasteiger partial charge in [-0.25, -0.2) is 0 Å². The minimum Gasteiger partial charge on any atom is -0.393 e. The van der Waals surface area contributed by atoms with Crippen LogP contribution in [0.3, 0.4) is 0 Å². The van der Waals surface area contributed by atoms with Crippen LogP contribution in [0.15, 0.2) is 0 Å². The van der Waals surface area contributed by atoms with Crippen LogP contribution >= 0.6 is 0 Å². The lowest BCUT2D eigenvalue weighted by molar-refractivity contribution is -0.0606. The Balaban J connectivity index is 2.62. The second kappa shape index (κ2) is 2.76. The van der Waals surface area contributed by atoms with Gasteiger partial charge in [0.25, 0.3) is 0 Å². The lowest BCUT2D eigenvalue weighted by Gasteiger charge is -2.40. The lowest BCUT2D eigenvalue weighted by atomic mass is 9.70. The van der Waals surface area contributed by atoms with Crippen molar-refractivity contribution in [2.24, 2.45) is 11.3 Å². The van der Waals surface area contributed by atoms with Gasteiger partial charge in [-0.2, -0.15) is 0 Å². The predicted octanol–water partition coefficient (Wildman–Crippen LogP) is 1.16. The van der Waals surface area contributed by atoms with Gasteiger partial charge in [0.15, 0.2) is 0 Å². The molecule has 1 saturated carbocycles. The van der Waals surface area contributed by atoms with Crippen LogP contribution < -0.4 is 0 Å². The first-order chi connectivity index (χ1) is 4.92. The average Bonchev–Trinajstić information content (AvgIpc) is 1.81. The van der Waals surface area contributed by atoms with Crippen LogP contribution in [0.5, 0.6) is 0 Å². The van der Waals surface area contributed by atoms with Crippen LogP contribution in [0.2, 0.25) is 0 Å². The van der Waals surface area contributed by atoms with Crippen LogP contribution in [-0.4, -0.2) is 22.4 Å². The van der Waals surface area contributed by atoms with E-state index in [9.17, 15) is 10.2 Å². The summed E-state index contributed by atoms with van der Waals surface area (Å²) in [6.45, 7) is 6.08. The van der Waals surface area contributed by atoms with Gasteiger partial charge in [-0.05, 0) is 18.3 Å². The molecule has 0 amide bonds. The topological polar surface area (TPSA) is 40.5 Å². The molecule has 0 heterocycles. The number of rotatable bonds is 0. The Morgan fingerprint density at radius 3 is 1.82 bits per heavy atom. The molecule has 0 saturated heterocycles. The zero-order valence-corrected chi connectivity index (χ0v) is 7.54. The fourth-order valence-corrected chi connectivity index (χ4v) is 1.84. The van der Waals surface area contributed by atoms with Crippen molar-refractivity contribution in [2.45, 2.75) is 45.8 Å². The Morgan fingerprint density at radius 2 is 1.45 bits per heavy atom. The highest BCUT2D eigenvalue weighted by Gasteiger charge is 2.37. The maximum atomic E-state index is 9.52. The van der Waals surface area contributed by atoms with E-state index in [1.807, 2.05) is 6.92 Å². The van der Waals surface area contributed by atoms with Crippen LogP contribution in [0, 0.1) is 11.3 Å². The Bertz CT molecular complexity index is 128. The lowest BCUT2D eigenvalue weighted by Crippen LogP contribution is -2.41. The molecule has 0 aromatic heterocycles. The van der Waals surface area contributed by atoms with Crippen molar-refractivity contribution in [3.05, 3.63) is 0 Å². The summed E-state index contributed by atoms with van der Waals surface area (Å²) in [5.74, 6) is 0.0445. The molecular formula is C9H18O2. The molecule has 2 atom stereocenters. The maximum Gasteiger partial charge on any atom is 0.0595 e. The van der Waals surface area contributed by atoms with Crippen LogP contribution in [-0.2, 0) is 0 Å². The Hall–Kier alpha value is -0.0800. The highest BCUT2D eigenvalue weighted by Crippen LogP contribution is 2.38. The molecule has 66 valence electrons. The third-order valence-electron chi connectivity index (χ3n) is 2.74. The van der Waals surface area contributed by atoms with E-state index >= 15 is 0 Å². The largest absolute Gasteiger partial charge is 0.393 e. The monoisotopic (exact) mass is 158 g/mol. The van der Waals surface area contributed by atoms with Gasteiger partial charge in [0.2, 0.25) is 0 Å². The fourth-order valence-electron chi connectivity index (χ4n) is 1.84. The second-order valence-electron chi connectivity index (χ2n) is 4.57. The number of aliphatic hydroxyl groups excluding tert-OH is 2. The summed E-state index contributed by atoms with van der Waals surface area (Å²) in [6.07, 6.45) is 0.971. The van der Waals surface area contributed by atoms with Crippen molar-refractivity contribution in [2.75, 3.05) is 0 Å². The molecule has 0 aromatic carbocycles. The summed E-state index contributed by atoms with van der Waals surface area (Å²) < 4.78 is 0. The predicted molar refractivity (Wildman–Crippen MR) is 44.2 cm³/mol. The SMILES string of the molecule is CC1[C@H](O)CC(C)(C)C[C@H]1O.